The van der Waals surface area contributed by atoms with Crippen LogP contribution in [0, 0.1) is 20.8 Å². The molecule has 1 atom stereocenters. The molecule has 2 aromatic carbocycles. The summed E-state index contributed by atoms with van der Waals surface area (Å²) in [4.78, 5) is 12.9. The molecule has 28 heavy (non-hydrogen) atoms. The molecule has 2 aromatic rings. The first-order chi connectivity index (χ1) is 13.3. The number of nitrogens with one attached hydrogen (secondary N) is 2. The van der Waals surface area contributed by atoms with Gasteiger partial charge in [-0.1, -0.05) is 29.8 Å². The Labute approximate surface area is 166 Å². The molecule has 0 spiro atoms. The summed E-state index contributed by atoms with van der Waals surface area (Å²) in [5.41, 5.74) is 2.89. The number of hydrogen-bond donors (Lipinski definition) is 2. The van der Waals surface area contributed by atoms with E-state index in [1.54, 1.807) is 38.1 Å². The normalized spacial score (nSPS) is 16.8. The number of anilines is 1. The standard InChI is InChI=1S/C21H26N2O4S/c1-14-11-15(2)20(16(3)12-14)28(25,26)23-19-9-5-4-8-18(19)21(24)22-13-17-7-6-10-27-17/h4-5,8-9,11-12,17,23H,6-7,10,13H2,1-3H3,(H,22,24)/t17-/m1/s1. The number of amides is 1. The Morgan fingerprint density at radius 2 is 1.82 bits per heavy atom. The van der Waals surface area contributed by atoms with Crippen LogP contribution < -0.4 is 10.0 Å². The first-order valence-electron chi connectivity index (χ1n) is 9.37. The summed E-state index contributed by atoms with van der Waals surface area (Å²) < 4.78 is 34.2. The number of rotatable bonds is 6. The zero-order chi connectivity index (χ0) is 20.3. The van der Waals surface area contributed by atoms with Crippen molar-refractivity contribution in [3.05, 3.63) is 58.7 Å². The molecular weight excluding hydrogens is 376 g/mol. The fourth-order valence-electron chi connectivity index (χ4n) is 3.66. The van der Waals surface area contributed by atoms with Gasteiger partial charge in [-0.3, -0.25) is 9.52 Å². The number of aryl methyl sites for hydroxylation is 3. The van der Waals surface area contributed by atoms with Crippen LogP contribution in [0.4, 0.5) is 5.69 Å². The van der Waals surface area contributed by atoms with E-state index < -0.39 is 10.0 Å². The van der Waals surface area contributed by atoms with Crippen molar-refractivity contribution >= 4 is 21.6 Å². The smallest absolute Gasteiger partial charge is 0.262 e. The van der Waals surface area contributed by atoms with Crippen LogP contribution in [-0.2, 0) is 14.8 Å². The van der Waals surface area contributed by atoms with Gasteiger partial charge in [0.05, 0.1) is 22.3 Å². The van der Waals surface area contributed by atoms with Crippen LogP contribution >= 0.6 is 0 Å². The van der Waals surface area contributed by atoms with Crippen LogP contribution in [0.15, 0.2) is 41.3 Å². The van der Waals surface area contributed by atoms with Crippen LogP contribution in [-0.4, -0.2) is 33.6 Å². The third-order valence-corrected chi connectivity index (χ3v) is 6.47. The van der Waals surface area contributed by atoms with E-state index in [1.807, 2.05) is 19.1 Å². The number of para-hydroxylation sites is 1. The second-order valence-electron chi connectivity index (χ2n) is 7.22. The highest BCUT2D eigenvalue weighted by Gasteiger charge is 2.23. The largest absolute Gasteiger partial charge is 0.376 e. The molecule has 0 aliphatic carbocycles. The van der Waals surface area contributed by atoms with Crippen LogP contribution in [0.1, 0.15) is 39.9 Å². The summed E-state index contributed by atoms with van der Waals surface area (Å²) in [5.74, 6) is -0.328. The van der Waals surface area contributed by atoms with Gasteiger partial charge in [0, 0.05) is 13.2 Å². The molecule has 0 bridgehead atoms. The lowest BCUT2D eigenvalue weighted by molar-refractivity contribution is 0.0858. The number of hydrogen-bond acceptors (Lipinski definition) is 4. The highest BCUT2D eigenvalue weighted by molar-refractivity contribution is 7.92. The molecule has 1 heterocycles. The van der Waals surface area contributed by atoms with Crippen molar-refractivity contribution in [2.24, 2.45) is 0 Å². The zero-order valence-electron chi connectivity index (χ0n) is 16.4. The Hall–Kier alpha value is -2.38. The first kappa shape index (κ1) is 20.4. The Morgan fingerprint density at radius 3 is 2.46 bits per heavy atom. The van der Waals surface area contributed by atoms with Gasteiger partial charge in [0.25, 0.3) is 15.9 Å². The number of ether oxygens (including phenoxy) is 1. The van der Waals surface area contributed by atoms with E-state index in [9.17, 15) is 13.2 Å². The van der Waals surface area contributed by atoms with Gasteiger partial charge in [-0.2, -0.15) is 0 Å². The summed E-state index contributed by atoms with van der Waals surface area (Å²) >= 11 is 0. The van der Waals surface area contributed by atoms with Crippen LogP contribution in [0.2, 0.25) is 0 Å². The van der Waals surface area contributed by atoms with E-state index in [1.165, 1.54) is 0 Å². The predicted octanol–water partition coefficient (Wildman–Crippen LogP) is 3.32. The highest BCUT2D eigenvalue weighted by Crippen LogP contribution is 2.26. The van der Waals surface area contributed by atoms with Gasteiger partial charge in [0.1, 0.15) is 0 Å². The molecule has 150 valence electrons. The maximum atomic E-state index is 13.0. The molecule has 0 saturated carbocycles. The number of carbonyl (C=O) groups excluding carboxylic acids is 1. The molecule has 3 rings (SSSR count). The maximum Gasteiger partial charge on any atom is 0.262 e. The molecule has 1 amide bonds. The Morgan fingerprint density at radius 1 is 1.14 bits per heavy atom. The summed E-state index contributed by atoms with van der Waals surface area (Å²) in [6, 6.07) is 10.3. The fourth-order valence-corrected chi connectivity index (χ4v) is 5.20. The number of carbonyl (C=O) groups is 1. The van der Waals surface area contributed by atoms with E-state index in [4.69, 9.17) is 4.74 Å². The maximum absolute atomic E-state index is 13.0. The average Bonchev–Trinajstić information content (AvgIpc) is 3.12. The Kier molecular flexibility index (Phi) is 6.05. The first-order valence-corrected chi connectivity index (χ1v) is 10.9. The molecule has 1 saturated heterocycles. The summed E-state index contributed by atoms with van der Waals surface area (Å²) in [6.07, 6.45) is 1.93. The lowest BCUT2D eigenvalue weighted by Crippen LogP contribution is -2.32. The van der Waals surface area contributed by atoms with Gasteiger partial charge in [-0.25, -0.2) is 8.42 Å². The lowest BCUT2D eigenvalue weighted by Gasteiger charge is -2.16. The van der Waals surface area contributed by atoms with Crippen LogP contribution in [0.25, 0.3) is 0 Å². The van der Waals surface area contributed by atoms with E-state index in [0.717, 1.165) is 18.4 Å². The minimum Gasteiger partial charge on any atom is -0.376 e. The zero-order valence-corrected chi connectivity index (χ0v) is 17.2. The number of benzene rings is 2. The molecule has 7 heteroatoms. The van der Waals surface area contributed by atoms with Gasteiger partial charge in [-0.05, 0) is 56.9 Å². The fraction of sp³-hybridized carbons (Fsp3) is 0.381. The second kappa shape index (κ2) is 8.32. The molecule has 0 radical (unpaired) electrons. The Balaban J connectivity index is 1.83. The molecule has 1 aliphatic heterocycles. The van der Waals surface area contributed by atoms with Gasteiger partial charge in [0.15, 0.2) is 0 Å². The van der Waals surface area contributed by atoms with Gasteiger partial charge in [-0.15, -0.1) is 0 Å². The third-order valence-electron chi connectivity index (χ3n) is 4.80. The van der Waals surface area contributed by atoms with E-state index in [0.29, 0.717) is 24.3 Å². The van der Waals surface area contributed by atoms with Crippen LogP contribution in [0.5, 0.6) is 0 Å². The van der Waals surface area contributed by atoms with Crippen molar-refractivity contribution in [2.45, 2.75) is 44.6 Å². The van der Waals surface area contributed by atoms with E-state index in [2.05, 4.69) is 10.0 Å². The van der Waals surface area contributed by atoms with Crippen LogP contribution in [0.3, 0.4) is 0 Å². The van der Waals surface area contributed by atoms with Crippen molar-refractivity contribution in [3.63, 3.8) is 0 Å². The minimum absolute atomic E-state index is 0.0191. The van der Waals surface area contributed by atoms with Crippen molar-refractivity contribution in [1.29, 1.82) is 0 Å². The predicted molar refractivity (Wildman–Crippen MR) is 109 cm³/mol. The van der Waals surface area contributed by atoms with Crippen molar-refractivity contribution in [3.8, 4) is 0 Å². The molecule has 0 aromatic heterocycles. The molecule has 2 N–H and O–H groups in total. The molecular formula is C21H26N2O4S. The van der Waals surface area contributed by atoms with Gasteiger partial charge < -0.3 is 10.1 Å². The third kappa shape index (κ3) is 4.54. The van der Waals surface area contributed by atoms with Gasteiger partial charge in [0.2, 0.25) is 0 Å². The monoisotopic (exact) mass is 402 g/mol. The summed E-state index contributed by atoms with van der Waals surface area (Å²) in [6.45, 7) is 6.60. The quantitative estimate of drug-likeness (QED) is 0.776. The van der Waals surface area contributed by atoms with E-state index in [-0.39, 0.29) is 28.2 Å². The summed E-state index contributed by atoms with van der Waals surface area (Å²) in [5, 5.41) is 2.84. The molecule has 1 aliphatic rings. The topological polar surface area (TPSA) is 84.5 Å². The van der Waals surface area contributed by atoms with Crippen molar-refractivity contribution in [2.75, 3.05) is 17.9 Å². The van der Waals surface area contributed by atoms with E-state index >= 15 is 0 Å². The van der Waals surface area contributed by atoms with Gasteiger partial charge >= 0.3 is 0 Å². The number of sulfonamides is 1. The molecule has 0 unspecified atom stereocenters. The SMILES string of the molecule is Cc1cc(C)c(S(=O)(=O)Nc2ccccc2C(=O)NC[C@H]2CCCO2)c(C)c1. The average molecular weight is 403 g/mol. The van der Waals surface area contributed by atoms with Crippen molar-refractivity contribution in [1.82, 2.24) is 5.32 Å². The lowest BCUT2D eigenvalue weighted by atomic mass is 10.1. The summed E-state index contributed by atoms with van der Waals surface area (Å²) in [7, 11) is -3.83. The molecule has 6 nitrogen and oxygen atoms in total. The highest BCUT2D eigenvalue weighted by atomic mass is 32.2. The minimum atomic E-state index is -3.83. The molecule has 1 fully saturated rings. The Bertz CT molecular complexity index is 957. The second-order valence-corrected chi connectivity index (χ2v) is 8.84. The van der Waals surface area contributed by atoms with Crippen molar-refractivity contribution < 1.29 is 17.9 Å².